The highest BCUT2D eigenvalue weighted by Gasteiger charge is 2.60. The van der Waals surface area contributed by atoms with Crippen LogP contribution in [0.1, 0.15) is 74.2 Å². The topological polar surface area (TPSA) is 79.4 Å². The molecule has 0 saturated carbocycles. The van der Waals surface area contributed by atoms with Crippen LogP contribution in [0.25, 0.3) is 0 Å². The molecule has 0 radical (unpaired) electrons. The van der Waals surface area contributed by atoms with Crippen molar-refractivity contribution in [2.45, 2.75) is 88.8 Å². The lowest BCUT2D eigenvalue weighted by Crippen LogP contribution is -2.56. The van der Waals surface area contributed by atoms with Gasteiger partial charge in [0.25, 0.3) is 12.0 Å². The Hall–Kier alpha value is -2.74. The van der Waals surface area contributed by atoms with Crippen LogP contribution in [0.2, 0.25) is 5.02 Å². The lowest BCUT2D eigenvalue weighted by molar-refractivity contribution is -0.308. The third kappa shape index (κ3) is 8.75. The number of likely N-dealkylation sites (tertiary alicyclic amines) is 3. The van der Waals surface area contributed by atoms with E-state index in [-0.39, 0.29) is 43.7 Å². The molecule has 0 atom stereocenters. The summed E-state index contributed by atoms with van der Waals surface area (Å²) in [6.07, 6.45) is -12.8. The Balaban J connectivity index is 1.36. The van der Waals surface area contributed by atoms with Crippen molar-refractivity contribution in [2.75, 3.05) is 39.3 Å². The molecule has 0 bridgehead atoms. The predicted octanol–water partition coefficient (Wildman–Crippen LogP) is 6.60. The number of hydrogen-bond donors (Lipinski definition) is 0. The summed E-state index contributed by atoms with van der Waals surface area (Å²) in [5.74, 6) is -0.576. The van der Waals surface area contributed by atoms with Gasteiger partial charge >= 0.3 is 24.4 Å². The van der Waals surface area contributed by atoms with Crippen molar-refractivity contribution in [3.05, 3.63) is 34.3 Å². The number of amides is 2. The van der Waals surface area contributed by atoms with Crippen LogP contribution in [0, 0.1) is 5.92 Å². The molecule has 252 valence electrons. The molecule has 15 heteroatoms. The summed E-state index contributed by atoms with van der Waals surface area (Å²) in [4.78, 5) is 43.0. The number of nitrogens with zero attached hydrogens (tertiary/aromatic N) is 3. The molecule has 8 nitrogen and oxygen atoms in total. The van der Waals surface area contributed by atoms with Gasteiger partial charge in [0.1, 0.15) is 0 Å². The van der Waals surface area contributed by atoms with Gasteiger partial charge in [-0.2, -0.15) is 26.3 Å². The molecule has 0 unspecified atom stereocenters. The SMILES string of the molecule is CCCCOC(=O)C1CCN(Cc2cc(Cl)cc(C(=O)N3CCCC34CCN(C(=O)OC(C(F)(F)F)C(F)(F)F)CC4)c2)CC1. The fourth-order valence-corrected chi connectivity index (χ4v) is 6.67. The lowest BCUT2D eigenvalue weighted by atomic mass is 9.84. The van der Waals surface area contributed by atoms with Gasteiger partial charge in [-0.05, 0) is 81.8 Å². The Morgan fingerprint density at radius 1 is 0.956 bits per heavy atom. The molecule has 2 amide bonds. The number of hydrogen-bond acceptors (Lipinski definition) is 6. The Labute approximate surface area is 262 Å². The third-order valence-electron chi connectivity index (χ3n) is 8.88. The number of rotatable bonds is 8. The van der Waals surface area contributed by atoms with Gasteiger partial charge in [-0.25, -0.2) is 4.79 Å². The quantitative estimate of drug-likeness (QED) is 0.177. The largest absolute Gasteiger partial charge is 0.465 e. The van der Waals surface area contributed by atoms with Gasteiger partial charge in [0.15, 0.2) is 0 Å². The first kappa shape index (κ1) is 35.1. The van der Waals surface area contributed by atoms with Crippen LogP contribution in [0.3, 0.4) is 0 Å². The number of carbonyl (C=O) groups excluding carboxylic acids is 3. The lowest BCUT2D eigenvalue weighted by Gasteiger charge is -2.45. The molecule has 1 aromatic rings. The van der Waals surface area contributed by atoms with Crippen LogP contribution in [0.5, 0.6) is 0 Å². The average Bonchev–Trinajstić information content (AvgIpc) is 3.37. The van der Waals surface area contributed by atoms with Crippen LogP contribution in [0.4, 0.5) is 31.1 Å². The maximum absolute atomic E-state index is 13.8. The molecule has 4 rings (SSSR count). The molecular weight excluding hydrogens is 632 g/mol. The highest BCUT2D eigenvalue weighted by molar-refractivity contribution is 6.31. The molecule has 3 saturated heterocycles. The van der Waals surface area contributed by atoms with Gasteiger partial charge in [-0.3, -0.25) is 14.5 Å². The molecular formula is C30H38ClF6N3O5. The van der Waals surface area contributed by atoms with E-state index in [0.29, 0.717) is 69.1 Å². The highest BCUT2D eigenvalue weighted by atomic mass is 35.5. The second kappa shape index (κ2) is 14.4. The standard InChI is InChI=1S/C30H38ClF6N3O5/c1-2-3-15-44-25(42)21-5-11-38(12-6-21)19-20-16-22(18-23(31)17-20)24(41)40-10-4-7-28(40)8-13-39(14-9-28)27(43)45-26(29(32,33)34)30(35,36)37/h16-18,21,26H,2-15,19H2,1H3. The maximum Gasteiger partial charge on any atom is 0.434 e. The number of alkyl halides is 6. The van der Waals surface area contributed by atoms with E-state index < -0.39 is 30.1 Å². The van der Waals surface area contributed by atoms with Crippen LogP contribution in [0.15, 0.2) is 18.2 Å². The zero-order chi connectivity index (χ0) is 33.0. The minimum atomic E-state index is -5.80. The van der Waals surface area contributed by atoms with Crippen LogP contribution in [-0.2, 0) is 20.8 Å². The highest BCUT2D eigenvalue weighted by Crippen LogP contribution is 2.41. The number of halogens is 7. The molecule has 45 heavy (non-hydrogen) atoms. The first-order valence-corrected chi connectivity index (χ1v) is 15.6. The summed E-state index contributed by atoms with van der Waals surface area (Å²) in [5, 5.41) is 0.375. The summed E-state index contributed by atoms with van der Waals surface area (Å²) < 4.78 is 86.5. The average molecular weight is 670 g/mol. The Morgan fingerprint density at radius 2 is 1.60 bits per heavy atom. The molecule has 0 aliphatic carbocycles. The molecule has 0 N–H and O–H groups in total. The summed E-state index contributed by atoms with van der Waals surface area (Å²) in [5.41, 5.74) is 0.495. The van der Waals surface area contributed by atoms with E-state index in [9.17, 15) is 40.7 Å². The summed E-state index contributed by atoms with van der Waals surface area (Å²) in [6.45, 7) is 4.45. The summed E-state index contributed by atoms with van der Waals surface area (Å²) in [7, 11) is 0. The smallest absolute Gasteiger partial charge is 0.434 e. The van der Waals surface area contributed by atoms with Crippen molar-refractivity contribution < 1.29 is 50.2 Å². The van der Waals surface area contributed by atoms with Crippen molar-refractivity contribution in [1.82, 2.24) is 14.7 Å². The fraction of sp³-hybridized carbons (Fsp3) is 0.700. The Kier molecular flexibility index (Phi) is 11.2. The van der Waals surface area contributed by atoms with Gasteiger partial charge in [0, 0.05) is 42.3 Å². The van der Waals surface area contributed by atoms with Crippen LogP contribution >= 0.6 is 11.6 Å². The maximum atomic E-state index is 13.8. The first-order chi connectivity index (χ1) is 21.1. The van der Waals surface area contributed by atoms with Gasteiger partial charge in [0.05, 0.1) is 12.5 Å². The molecule has 3 aliphatic rings. The zero-order valence-electron chi connectivity index (χ0n) is 25.0. The number of esters is 1. The van der Waals surface area contributed by atoms with Crippen molar-refractivity contribution in [1.29, 1.82) is 0 Å². The predicted molar refractivity (Wildman–Crippen MR) is 152 cm³/mol. The van der Waals surface area contributed by atoms with Crippen molar-refractivity contribution in [3.63, 3.8) is 0 Å². The zero-order valence-corrected chi connectivity index (χ0v) is 25.8. The van der Waals surface area contributed by atoms with E-state index in [2.05, 4.69) is 9.64 Å². The molecule has 0 aromatic heterocycles. The summed E-state index contributed by atoms with van der Waals surface area (Å²) in [6, 6.07) is 5.12. The van der Waals surface area contributed by atoms with Crippen LogP contribution in [-0.4, -0.2) is 96.0 Å². The minimum absolute atomic E-state index is 0.134. The Bertz CT molecular complexity index is 1200. The van der Waals surface area contributed by atoms with Gasteiger partial charge < -0.3 is 19.3 Å². The van der Waals surface area contributed by atoms with E-state index in [4.69, 9.17) is 16.3 Å². The number of piperidine rings is 2. The van der Waals surface area contributed by atoms with Crippen molar-refractivity contribution in [3.8, 4) is 0 Å². The molecule has 3 heterocycles. The van der Waals surface area contributed by atoms with Crippen LogP contribution < -0.4 is 0 Å². The summed E-state index contributed by atoms with van der Waals surface area (Å²) >= 11 is 6.41. The van der Waals surface area contributed by atoms with Crippen molar-refractivity contribution in [2.24, 2.45) is 5.92 Å². The van der Waals surface area contributed by atoms with E-state index in [1.165, 1.54) is 0 Å². The number of ether oxygens (including phenoxy) is 2. The molecule has 1 aromatic carbocycles. The molecule has 3 aliphatic heterocycles. The monoisotopic (exact) mass is 669 g/mol. The second-order valence-corrected chi connectivity index (χ2v) is 12.5. The number of benzene rings is 1. The second-order valence-electron chi connectivity index (χ2n) is 12.0. The molecule has 1 spiro atoms. The third-order valence-corrected chi connectivity index (χ3v) is 9.10. The van der Waals surface area contributed by atoms with Gasteiger partial charge in [0.2, 0.25) is 0 Å². The number of carbonyl (C=O) groups is 3. The van der Waals surface area contributed by atoms with E-state index in [1.54, 1.807) is 23.1 Å². The van der Waals surface area contributed by atoms with E-state index in [0.717, 1.165) is 23.3 Å². The fourth-order valence-electron chi connectivity index (χ4n) is 6.42. The normalized spacial score (nSPS) is 19.8. The van der Waals surface area contributed by atoms with E-state index >= 15 is 0 Å². The van der Waals surface area contributed by atoms with Crippen molar-refractivity contribution >= 4 is 29.6 Å². The minimum Gasteiger partial charge on any atom is -0.465 e. The van der Waals surface area contributed by atoms with Gasteiger partial charge in [-0.1, -0.05) is 24.9 Å². The van der Waals surface area contributed by atoms with Gasteiger partial charge in [-0.15, -0.1) is 0 Å². The Morgan fingerprint density at radius 3 is 2.20 bits per heavy atom. The first-order valence-electron chi connectivity index (χ1n) is 15.2. The number of unbranched alkanes of at least 4 members (excludes halogenated alkanes) is 1. The van der Waals surface area contributed by atoms with E-state index in [1.807, 2.05) is 6.92 Å². The molecule has 3 fully saturated rings.